The molecule has 0 aliphatic carbocycles. The Morgan fingerprint density at radius 2 is 1.16 bits per heavy atom. The van der Waals surface area contributed by atoms with Crippen molar-refractivity contribution in [1.82, 2.24) is 9.88 Å². The van der Waals surface area contributed by atoms with E-state index < -0.39 is 18.8 Å². The first-order valence-electron chi connectivity index (χ1n) is 26.9. The minimum atomic E-state index is -1.75. The fourth-order valence-electron chi connectivity index (χ4n) is 11.0. The second-order valence-corrected chi connectivity index (χ2v) is 23.7. The van der Waals surface area contributed by atoms with E-state index in [-0.39, 0.29) is 23.0 Å². The first-order valence-corrected chi connectivity index (χ1v) is 28.9. The molecule has 0 radical (unpaired) electrons. The fourth-order valence-corrected chi connectivity index (χ4v) is 15.4. The highest BCUT2D eigenvalue weighted by Crippen LogP contribution is 2.56. The molecule has 0 amide bonds. The molecule has 1 heterocycles. The summed E-state index contributed by atoms with van der Waals surface area (Å²) < 4.78 is 11.8. The molecule has 0 aliphatic rings. The maximum Gasteiger partial charge on any atom is 0.305 e. The number of unbranched alkanes of at least 4 members (excludes halogenated alkanes) is 9. The van der Waals surface area contributed by atoms with Crippen molar-refractivity contribution in [2.45, 2.75) is 101 Å². The molecule has 0 fully saturated rings. The molecule has 0 spiro atoms. The van der Waals surface area contributed by atoms with E-state index in [1.54, 1.807) is 7.11 Å². The summed E-state index contributed by atoms with van der Waals surface area (Å²) in [7, 11) is 4.01. The molecule has 2 atom stereocenters. The zero-order valence-electron chi connectivity index (χ0n) is 43.9. The Labute approximate surface area is 452 Å². The van der Waals surface area contributed by atoms with Gasteiger partial charge >= 0.3 is 5.97 Å². The number of fused-ring (bicyclic) bond motifs is 2. The molecule has 0 bridgehead atoms. The van der Waals surface area contributed by atoms with Crippen LogP contribution in [0.15, 0.2) is 188 Å². The number of carbonyl (C=O) groups excluding carboxylic acids is 1. The molecule has 1 aromatic heterocycles. The molecule has 0 saturated carbocycles. The number of hydrogen-bond donors (Lipinski definition) is 1. The van der Waals surface area contributed by atoms with Crippen molar-refractivity contribution in [3.05, 3.63) is 210 Å². The number of ether oxygens (including phenoxy) is 2. The van der Waals surface area contributed by atoms with Crippen molar-refractivity contribution in [2.75, 3.05) is 40.5 Å². The monoisotopic (exact) mass is 1070 g/mol. The van der Waals surface area contributed by atoms with Gasteiger partial charge in [-0.1, -0.05) is 172 Å². The van der Waals surface area contributed by atoms with Crippen LogP contribution in [0.1, 0.15) is 112 Å². The predicted molar refractivity (Wildman–Crippen MR) is 308 cm³/mol. The van der Waals surface area contributed by atoms with E-state index >= 15 is 0 Å². The van der Waals surface area contributed by atoms with Gasteiger partial charge in [-0.2, -0.15) is 0 Å². The summed E-state index contributed by atoms with van der Waals surface area (Å²) in [6, 6.07) is 67.1. The van der Waals surface area contributed by atoms with E-state index in [0.29, 0.717) is 31.9 Å². The van der Waals surface area contributed by atoms with Crippen LogP contribution in [-0.4, -0.2) is 61.5 Å². The third-order valence-corrected chi connectivity index (χ3v) is 19.3. The van der Waals surface area contributed by atoms with Gasteiger partial charge in [0.05, 0.1) is 25.4 Å². The smallest absolute Gasteiger partial charge is 0.305 e. The van der Waals surface area contributed by atoms with E-state index in [1.165, 1.54) is 72.6 Å². The number of nitrogens with zero attached hydrogens (tertiary/aromatic N) is 2. The second-order valence-electron chi connectivity index (χ2n) is 20.1. The lowest BCUT2D eigenvalue weighted by Crippen LogP contribution is -3.00. The number of esters is 1. The van der Waals surface area contributed by atoms with Gasteiger partial charge in [-0.3, -0.25) is 4.79 Å². The number of pyridine rings is 1. The SMILES string of the molecule is COc1nc2ccc(CCCCOC(=O)CCCCCCCCCCC[P+](c3ccccc3)(c3ccccc3)c3ccccc3)cc2cc1[C@@H](c1ccccc1)[C@@](O)(CCN(C)C)c1cccc2ccccc12.[Br-]. The van der Waals surface area contributed by atoms with Gasteiger partial charge in [0.25, 0.3) is 0 Å². The van der Waals surface area contributed by atoms with E-state index in [4.69, 9.17) is 14.5 Å². The van der Waals surface area contributed by atoms with E-state index in [1.807, 2.05) is 50.5 Å². The van der Waals surface area contributed by atoms with Crippen LogP contribution >= 0.6 is 7.26 Å². The molecule has 8 heteroatoms. The summed E-state index contributed by atoms with van der Waals surface area (Å²) in [5, 5.41) is 20.9. The topological polar surface area (TPSA) is 71.9 Å². The first kappa shape index (κ1) is 56.0. The molecule has 0 unspecified atom stereocenters. The third-order valence-electron chi connectivity index (χ3n) is 14.8. The molecule has 0 saturated heterocycles. The molecule has 1 N–H and O–H groups in total. The third kappa shape index (κ3) is 14.2. The van der Waals surface area contributed by atoms with E-state index in [9.17, 15) is 9.90 Å². The molecule has 6 nitrogen and oxygen atoms in total. The zero-order chi connectivity index (χ0) is 50.7. The van der Waals surface area contributed by atoms with Gasteiger partial charge in [0, 0.05) is 29.8 Å². The number of halogens is 1. The van der Waals surface area contributed by atoms with Crippen LogP contribution in [0.5, 0.6) is 5.88 Å². The number of carbonyl (C=O) groups is 1. The van der Waals surface area contributed by atoms with Crippen molar-refractivity contribution in [2.24, 2.45) is 0 Å². The summed E-state index contributed by atoms with van der Waals surface area (Å²) in [5.41, 5.74) is 3.45. The van der Waals surface area contributed by atoms with Crippen LogP contribution in [0.25, 0.3) is 21.7 Å². The molecule has 386 valence electrons. The van der Waals surface area contributed by atoms with Crippen molar-refractivity contribution >= 4 is 50.8 Å². The van der Waals surface area contributed by atoms with Gasteiger partial charge in [0.15, 0.2) is 0 Å². The van der Waals surface area contributed by atoms with Crippen LogP contribution in [0, 0.1) is 0 Å². The van der Waals surface area contributed by atoms with Crippen LogP contribution in [-0.2, 0) is 21.6 Å². The van der Waals surface area contributed by atoms with Crippen LogP contribution in [0.3, 0.4) is 0 Å². The normalized spacial score (nSPS) is 12.8. The van der Waals surface area contributed by atoms with Crippen molar-refractivity contribution in [3.63, 3.8) is 0 Å². The number of aliphatic hydroxyl groups is 1. The van der Waals surface area contributed by atoms with Crippen LogP contribution in [0.4, 0.5) is 0 Å². The number of hydrogen-bond acceptors (Lipinski definition) is 6. The minimum Gasteiger partial charge on any atom is -1.00 e. The number of aromatic nitrogens is 1. The molecular formula is C66H76BrN2O4P. The zero-order valence-corrected chi connectivity index (χ0v) is 46.4. The highest BCUT2D eigenvalue weighted by atomic mass is 79.9. The summed E-state index contributed by atoms with van der Waals surface area (Å²) in [6.07, 6.45) is 15.4. The fraction of sp³-hybridized carbons (Fsp3) is 0.333. The average molecular weight is 1070 g/mol. The standard InChI is InChI=1S/C66H76N2O4P.BrH/c1-68(2)47-46-66(70,61-42-29-34-53-31-24-25-41-59(53)61)64(54-32-15-11-16-33-54)60-51-55-50-52(44-45-62(55)67-65(60)71-3)30-26-27-48-72-63(69)43-23-9-7-5-4-6-8-10-28-49-73(56-35-17-12-18-36-56,57-37-19-13-20-38-57)58-39-21-14-22-40-58;/h11-22,24-25,29,31-42,44-45,50-51,64,70H,4-10,23,26-28,30,43,46-49H2,1-3H3;1H/q+1;/p-1/t64-,66-;/m1./s1. The lowest BCUT2D eigenvalue weighted by atomic mass is 9.70. The quantitative estimate of drug-likeness (QED) is 0.0299. The Hall–Kier alpha value is -5.69. The summed E-state index contributed by atoms with van der Waals surface area (Å²) >= 11 is 0. The van der Waals surface area contributed by atoms with Gasteiger partial charge in [0.1, 0.15) is 28.8 Å². The maximum atomic E-state index is 13.4. The average Bonchev–Trinajstić information content (AvgIpc) is 3.43. The molecule has 8 rings (SSSR count). The highest BCUT2D eigenvalue weighted by molar-refractivity contribution is 7.95. The van der Waals surface area contributed by atoms with Gasteiger partial charge < -0.3 is 36.5 Å². The van der Waals surface area contributed by atoms with Gasteiger partial charge in [-0.05, 0) is 141 Å². The van der Waals surface area contributed by atoms with Crippen molar-refractivity contribution < 1.29 is 36.4 Å². The molecule has 74 heavy (non-hydrogen) atoms. The number of benzene rings is 7. The number of aryl methyl sites for hydroxylation is 1. The number of rotatable bonds is 28. The Balaban J connectivity index is 0.00000800. The van der Waals surface area contributed by atoms with E-state index in [0.717, 1.165) is 70.5 Å². The molecule has 8 aromatic rings. The summed E-state index contributed by atoms with van der Waals surface area (Å²) in [4.78, 5) is 19.9. The Bertz CT molecular complexity index is 2840. The van der Waals surface area contributed by atoms with Crippen LogP contribution in [0.2, 0.25) is 0 Å². The summed E-state index contributed by atoms with van der Waals surface area (Å²) in [6.45, 7) is 1.12. The van der Waals surface area contributed by atoms with Gasteiger partial charge in [0.2, 0.25) is 5.88 Å². The Morgan fingerprint density at radius 3 is 1.77 bits per heavy atom. The molecule has 0 aliphatic heterocycles. The first-order chi connectivity index (χ1) is 35.8. The Morgan fingerprint density at radius 1 is 0.608 bits per heavy atom. The molecular weight excluding hydrogens is 996 g/mol. The number of methoxy groups -OCH3 is 1. The van der Waals surface area contributed by atoms with Crippen molar-refractivity contribution in [3.8, 4) is 5.88 Å². The van der Waals surface area contributed by atoms with Gasteiger partial charge in [-0.25, -0.2) is 4.98 Å². The Kier molecular flexibility index (Phi) is 21.4. The lowest BCUT2D eigenvalue weighted by molar-refractivity contribution is -0.143. The second kappa shape index (κ2) is 28.3. The minimum absolute atomic E-state index is 0. The highest BCUT2D eigenvalue weighted by Gasteiger charge is 2.45. The maximum absolute atomic E-state index is 13.4. The lowest BCUT2D eigenvalue weighted by Gasteiger charge is -2.39. The van der Waals surface area contributed by atoms with Crippen LogP contribution < -0.4 is 37.6 Å². The molecule has 7 aromatic carbocycles. The van der Waals surface area contributed by atoms with Gasteiger partial charge in [-0.15, -0.1) is 0 Å². The predicted octanol–water partition coefficient (Wildman–Crippen LogP) is 11.1. The van der Waals surface area contributed by atoms with Crippen molar-refractivity contribution in [1.29, 1.82) is 0 Å². The largest absolute Gasteiger partial charge is 1.00 e. The summed E-state index contributed by atoms with van der Waals surface area (Å²) in [5.74, 6) is -0.0574. The van der Waals surface area contributed by atoms with E-state index in [2.05, 4.69) is 157 Å².